The average Bonchev–Trinajstić information content (AvgIpc) is 3.27. The van der Waals surface area contributed by atoms with Crippen molar-refractivity contribution in [3.63, 3.8) is 0 Å². The van der Waals surface area contributed by atoms with Crippen molar-refractivity contribution in [2.24, 2.45) is 5.41 Å². The van der Waals surface area contributed by atoms with Crippen LogP contribution >= 0.6 is 0 Å². The lowest BCUT2D eigenvalue weighted by Gasteiger charge is -2.32. The topological polar surface area (TPSA) is 98.8 Å². The molecule has 1 saturated carbocycles. The molecule has 0 bridgehead atoms. The molecule has 0 aromatic carbocycles. The minimum Gasteiger partial charge on any atom is -0.355 e. The number of nitrogens with one attached hydrogen (secondary N) is 2. The van der Waals surface area contributed by atoms with E-state index in [4.69, 9.17) is 0 Å². The van der Waals surface area contributed by atoms with Crippen LogP contribution in [0.1, 0.15) is 33.1 Å². The van der Waals surface area contributed by atoms with Crippen LogP contribution in [0.15, 0.2) is 0 Å². The average molecular weight is 358 g/mol. The molecule has 2 saturated heterocycles. The molecule has 136 valence electrons. The number of hydrogen-bond donors (Lipinski definition) is 2. The van der Waals surface area contributed by atoms with Crippen LogP contribution in [0.25, 0.3) is 0 Å². The molecule has 3 fully saturated rings. The molecule has 1 spiro atoms. The lowest BCUT2D eigenvalue weighted by atomic mass is 9.86. The number of urea groups is 1. The van der Waals surface area contributed by atoms with Crippen LogP contribution in [-0.2, 0) is 14.8 Å². The van der Waals surface area contributed by atoms with Crippen molar-refractivity contribution in [2.75, 3.05) is 32.7 Å². The minimum absolute atomic E-state index is 0.00587. The van der Waals surface area contributed by atoms with Crippen LogP contribution in [0.4, 0.5) is 4.79 Å². The van der Waals surface area contributed by atoms with Crippen molar-refractivity contribution in [2.45, 2.75) is 44.4 Å². The van der Waals surface area contributed by atoms with E-state index in [9.17, 15) is 18.0 Å². The van der Waals surface area contributed by atoms with Crippen molar-refractivity contribution in [3.8, 4) is 0 Å². The smallest absolute Gasteiger partial charge is 0.317 e. The summed E-state index contributed by atoms with van der Waals surface area (Å²) in [5, 5.41) is 5.38. The van der Waals surface area contributed by atoms with Gasteiger partial charge >= 0.3 is 6.03 Å². The quantitative estimate of drug-likeness (QED) is 0.725. The standard InChI is InChI=1S/C15H26N4O4S/c1-11(2)17-14(21)18-5-6-19(24(22,23)12-3-4-12)10-15(9-18)7-13(20)16-8-15/h11-12H,3-10H2,1-2H3,(H,16,20)(H,17,21)/t15-/m0/s1. The maximum absolute atomic E-state index is 12.7. The van der Waals surface area contributed by atoms with E-state index in [2.05, 4.69) is 10.6 Å². The molecule has 24 heavy (non-hydrogen) atoms. The second kappa shape index (κ2) is 6.18. The zero-order chi connectivity index (χ0) is 17.5. The first-order valence-corrected chi connectivity index (χ1v) is 10.0. The van der Waals surface area contributed by atoms with E-state index in [0.717, 1.165) is 0 Å². The summed E-state index contributed by atoms with van der Waals surface area (Å²) >= 11 is 0. The van der Waals surface area contributed by atoms with E-state index >= 15 is 0 Å². The predicted octanol–water partition coefficient (Wildman–Crippen LogP) is -0.279. The number of hydrogen-bond acceptors (Lipinski definition) is 4. The molecule has 3 amide bonds. The Labute approximate surface area is 143 Å². The van der Waals surface area contributed by atoms with Crippen molar-refractivity contribution < 1.29 is 18.0 Å². The van der Waals surface area contributed by atoms with E-state index in [1.807, 2.05) is 13.8 Å². The van der Waals surface area contributed by atoms with Gasteiger partial charge in [-0.3, -0.25) is 4.79 Å². The number of amides is 3. The fourth-order valence-electron chi connectivity index (χ4n) is 3.50. The third-order valence-corrected chi connectivity index (χ3v) is 7.20. The first kappa shape index (κ1) is 17.5. The summed E-state index contributed by atoms with van der Waals surface area (Å²) < 4.78 is 26.9. The molecule has 2 heterocycles. The highest BCUT2D eigenvalue weighted by molar-refractivity contribution is 7.90. The van der Waals surface area contributed by atoms with E-state index in [-0.39, 0.29) is 29.7 Å². The number of sulfonamides is 1. The Bertz CT molecular complexity index is 631. The first-order valence-electron chi connectivity index (χ1n) is 8.53. The third-order valence-electron chi connectivity index (χ3n) is 4.86. The normalized spacial score (nSPS) is 29.0. The van der Waals surface area contributed by atoms with Crippen LogP contribution in [0.2, 0.25) is 0 Å². The molecule has 2 aliphatic heterocycles. The Balaban J connectivity index is 1.83. The van der Waals surface area contributed by atoms with Gasteiger partial charge in [0.05, 0.1) is 5.25 Å². The van der Waals surface area contributed by atoms with Gasteiger partial charge in [0.15, 0.2) is 0 Å². The summed E-state index contributed by atoms with van der Waals surface area (Å²) in [6.45, 7) is 5.51. The highest BCUT2D eigenvalue weighted by Crippen LogP contribution is 2.36. The molecule has 2 N–H and O–H groups in total. The van der Waals surface area contributed by atoms with Crippen molar-refractivity contribution in [1.29, 1.82) is 0 Å². The Hall–Kier alpha value is -1.35. The number of carbonyl (C=O) groups is 2. The minimum atomic E-state index is -3.33. The molecule has 0 radical (unpaired) electrons. The van der Waals surface area contributed by atoms with Crippen LogP contribution in [0, 0.1) is 5.41 Å². The molecular weight excluding hydrogens is 332 g/mol. The molecule has 9 heteroatoms. The predicted molar refractivity (Wildman–Crippen MR) is 88.8 cm³/mol. The summed E-state index contributed by atoms with van der Waals surface area (Å²) in [4.78, 5) is 25.9. The summed E-state index contributed by atoms with van der Waals surface area (Å²) in [7, 11) is -3.33. The second-order valence-corrected chi connectivity index (χ2v) is 9.77. The van der Waals surface area contributed by atoms with Gasteiger partial charge in [-0.05, 0) is 26.7 Å². The zero-order valence-corrected chi connectivity index (χ0v) is 15.1. The fraction of sp³-hybridized carbons (Fsp3) is 0.867. The number of carbonyl (C=O) groups excluding carboxylic acids is 2. The molecular formula is C15H26N4O4S. The first-order chi connectivity index (χ1) is 11.2. The summed E-state index contributed by atoms with van der Waals surface area (Å²) in [5.41, 5.74) is -0.538. The maximum atomic E-state index is 12.7. The molecule has 3 rings (SSSR count). The van der Waals surface area contributed by atoms with Crippen LogP contribution in [-0.4, -0.2) is 73.6 Å². The van der Waals surface area contributed by atoms with E-state index in [0.29, 0.717) is 45.6 Å². The summed E-state index contributed by atoms with van der Waals surface area (Å²) in [5.74, 6) is -0.0788. The van der Waals surface area contributed by atoms with Gasteiger partial charge in [-0.2, -0.15) is 4.31 Å². The molecule has 1 aliphatic carbocycles. The van der Waals surface area contributed by atoms with E-state index < -0.39 is 15.4 Å². The van der Waals surface area contributed by atoms with Crippen molar-refractivity contribution >= 4 is 22.0 Å². The molecule has 0 unspecified atom stereocenters. The zero-order valence-electron chi connectivity index (χ0n) is 14.2. The van der Waals surface area contributed by atoms with Crippen LogP contribution in [0.5, 0.6) is 0 Å². The molecule has 8 nitrogen and oxygen atoms in total. The Morgan fingerprint density at radius 2 is 2.00 bits per heavy atom. The van der Waals surface area contributed by atoms with Gasteiger partial charge in [-0.1, -0.05) is 0 Å². The molecule has 0 aromatic rings. The highest BCUT2D eigenvalue weighted by Gasteiger charge is 2.49. The fourth-order valence-corrected chi connectivity index (χ4v) is 5.44. The summed E-state index contributed by atoms with van der Waals surface area (Å²) in [6, 6.07) is -0.194. The number of rotatable bonds is 3. The van der Waals surface area contributed by atoms with Gasteiger partial charge < -0.3 is 15.5 Å². The second-order valence-electron chi connectivity index (χ2n) is 7.56. The van der Waals surface area contributed by atoms with Gasteiger partial charge in [-0.25, -0.2) is 13.2 Å². The van der Waals surface area contributed by atoms with Gasteiger partial charge in [0, 0.05) is 50.6 Å². The molecule has 3 aliphatic rings. The van der Waals surface area contributed by atoms with Crippen molar-refractivity contribution in [3.05, 3.63) is 0 Å². The van der Waals surface area contributed by atoms with Crippen molar-refractivity contribution in [1.82, 2.24) is 19.8 Å². The molecule has 0 aromatic heterocycles. The summed E-state index contributed by atoms with van der Waals surface area (Å²) in [6.07, 6.45) is 1.68. The van der Waals surface area contributed by atoms with E-state index in [1.165, 1.54) is 4.31 Å². The van der Waals surface area contributed by atoms with Gasteiger partial charge in [0.25, 0.3) is 0 Å². The molecule has 1 atom stereocenters. The lowest BCUT2D eigenvalue weighted by Crippen LogP contribution is -2.49. The van der Waals surface area contributed by atoms with Gasteiger partial charge in [0.1, 0.15) is 0 Å². The lowest BCUT2D eigenvalue weighted by molar-refractivity contribution is -0.119. The van der Waals surface area contributed by atoms with Gasteiger partial charge in [-0.15, -0.1) is 0 Å². The SMILES string of the molecule is CC(C)NC(=O)N1CCN(S(=O)(=O)C2CC2)C[C@@]2(CNC(=O)C2)C1. The Morgan fingerprint density at radius 3 is 2.54 bits per heavy atom. The van der Waals surface area contributed by atoms with E-state index in [1.54, 1.807) is 4.90 Å². The Morgan fingerprint density at radius 1 is 1.29 bits per heavy atom. The largest absolute Gasteiger partial charge is 0.355 e. The van der Waals surface area contributed by atoms with Gasteiger partial charge in [0.2, 0.25) is 15.9 Å². The Kier molecular flexibility index (Phi) is 4.50. The monoisotopic (exact) mass is 358 g/mol. The highest BCUT2D eigenvalue weighted by atomic mass is 32.2. The maximum Gasteiger partial charge on any atom is 0.317 e. The van der Waals surface area contributed by atoms with Crippen LogP contribution < -0.4 is 10.6 Å². The van der Waals surface area contributed by atoms with Crippen LogP contribution in [0.3, 0.4) is 0 Å². The number of nitrogens with zero attached hydrogens (tertiary/aromatic N) is 2. The third kappa shape index (κ3) is 3.51.